The third-order valence-corrected chi connectivity index (χ3v) is 3.66. The molecular formula is C12H22N2O2. The highest BCUT2D eigenvalue weighted by Gasteiger charge is 2.26. The van der Waals surface area contributed by atoms with E-state index >= 15 is 0 Å². The highest BCUT2D eigenvalue weighted by molar-refractivity contribution is 5.79. The van der Waals surface area contributed by atoms with Crippen molar-refractivity contribution in [2.45, 2.75) is 50.7 Å². The Morgan fingerprint density at radius 1 is 1.25 bits per heavy atom. The van der Waals surface area contributed by atoms with Crippen molar-refractivity contribution in [1.82, 2.24) is 10.6 Å². The van der Waals surface area contributed by atoms with Crippen molar-refractivity contribution in [1.29, 1.82) is 0 Å². The molecule has 2 unspecified atom stereocenters. The average molecular weight is 226 g/mol. The largest absolute Gasteiger partial charge is 0.393 e. The zero-order valence-corrected chi connectivity index (χ0v) is 9.74. The van der Waals surface area contributed by atoms with Crippen molar-refractivity contribution in [2.75, 3.05) is 13.1 Å². The van der Waals surface area contributed by atoms with E-state index in [0.29, 0.717) is 0 Å². The molecule has 1 aliphatic carbocycles. The van der Waals surface area contributed by atoms with Gasteiger partial charge in [0.05, 0.1) is 12.0 Å². The summed E-state index contributed by atoms with van der Waals surface area (Å²) in [4.78, 5) is 11.9. The van der Waals surface area contributed by atoms with E-state index in [1.54, 1.807) is 0 Å². The number of carbonyl (C=O) groups excluding carboxylic acids is 1. The maximum atomic E-state index is 11.9. The predicted molar refractivity (Wildman–Crippen MR) is 62.0 cm³/mol. The van der Waals surface area contributed by atoms with Gasteiger partial charge in [0.15, 0.2) is 0 Å². The summed E-state index contributed by atoms with van der Waals surface area (Å²) in [5, 5.41) is 15.9. The van der Waals surface area contributed by atoms with Gasteiger partial charge in [-0.3, -0.25) is 4.79 Å². The molecule has 1 saturated carbocycles. The van der Waals surface area contributed by atoms with Crippen molar-refractivity contribution in [3.05, 3.63) is 0 Å². The lowest BCUT2D eigenvalue weighted by molar-refractivity contribution is -0.126. The molecule has 2 fully saturated rings. The van der Waals surface area contributed by atoms with Crippen LogP contribution in [0.3, 0.4) is 0 Å². The lowest BCUT2D eigenvalue weighted by Crippen LogP contribution is -2.46. The smallest absolute Gasteiger partial charge is 0.224 e. The van der Waals surface area contributed by atoms with Crippen LogP contribution >= 0.6 is 0 Å². The van der Waals surface area contributed by atoms with Crippen molar-refractivity contribution >= 4 is 5.91 Å². The zero-order valence-electron chi connectivity index (χ0n) is 9.74. The maximum absolute atomic E-state index is 11.9. The van der Waals surface area contributed by atoms with Gasteiger partial charge >= 0.3 is 0 Å². The van der Waals surface area contributed by atoms with Gasteiger partial charge in [0.2, 0.25) is 5.91 Å². The van der Waals surface area contributed by atoms with E-state index in [4.69, 9.17) is 0 Å². The fourth-order valence-electron chi connectivity index (χ4n) is 2.69. The van der Waals surface area contributed by atoms with Gasteiger partial charge in [0, 0.05) is 12.6 Å². The number of nitrogens with one attached hydrogen (secondary N) is 2. The molecule has 4 nitrogen and oxygen atoms in total. The predicted octanol–water partition coefficient (Wildman–Crippen LogP) is 0.406. The fraction of sp³-hybridized carbons (Fsp3) is 0.917. The van der Waals surface area contributed by atoms with E-state index in [9.17, 15) is 9.90 Å². The topological polar surface area (TPSA) is 61.4 Å². The lowest BCUT2D eigenvalue weighted by Gasteiger charge is -2.29. The van der Waals surface area contributed by atoms with Crippen LogP contribution in [0.4, 0.5) is 0 Å². The van der Waals surface area contributed by atoms with Crippen molar-refractivity contribution in [3.8, 4) is 0 Å². The van der Waals surface area contributed by atoms with Crippen molar-refractivity contribution < 1.29 is 9.90 Å². The molecule has 1 saturated heterocycles. The first-order chi connectivity index (χ1) is 7.75. The van der Waals surface area contributed by atoms with Gasteiger partial charge in [-0.2, -0.15) is 0 Å². The molecule has 1 heterocycles. The Bertz CT molecular complexity index is 239. The normalized spacial score (nSPS) is 35.7. The molecule has 0 aromatic carbocycles. The number of rotatable bonds is 2. The van der Waals surface area contributed by atoms with E-state index in [-0.39, 0.29) is 24.0 Å². The summed E-state index contributed by atoms with van der Waals surface area (Å²) >= 11 is 0. The number of aliphatic hydroxyl groups is 1. The number of piperidine rings is 1. The molecule has 0 radical (unpaired) electrons. The maximum Gasteiger partial charge on any atom is 0.224 e. The summed E-state index contributed by atoms with van der Waals surface area (Å²) in [6.07, 6.45) is 5.52. The van der Waals surface area contributed by atoms with Crippen LogP contribution in [0, 0.1) is 5.92 Å². The molecule has 16 heavy (non-hydrogen) atoms. The van der Waals surface area contributed by atoms with Crippen molar-refractivity contribution in [2.24, 2.45) is 5.92 Å². The summed E-state index contributed by atoms with van der Waals surface area (Å²) in [5.41, 5.74) is 0. The van der Waals surface area contributed by atoms with Crippen LogP contribution < -0.4 is 10.6 Å². The standard InChI is InChI=1S/C12H22N2O2/c15-11-5-1-4-10(7-11)14-12(16)9-3-2-6-13-8-9/h9-11,13,15H,1-8H2,(H,14,16)/t9-,10?,11?/m1/s1. The molecule has 3 atom stereocenters. The molecule has 2 rings (SSSR count). The Balaban J connectivity index is 1.77. The Morgan fingerprint density at radius 2 is 2.12 bits per heavy atom. The highest BCUT2D eigenvalue weighted by atomic mass is 16.3. The van der Waals surface area contributed by atoms with Gasteiger partial charge < -0.3 is 15.7 Å². The second-order valence-electron chi connectivity index (χ2n) is 5.07. The third kappa shape index (κ3) is 3.19. The minimum atomic E-state index is -0.219. The average Bonchev–Trinajstić information content (AvgIpc) is 2.30. The van der Waals surface area contributed by atoms with Crippen LogP contribution in [0.15, 0.2) is 0 Å². The molecule has 3 N–H and O–H groups in total. The second kappa shape index (κ2) is 5.64. The Hall–Kier alpha value is -0.610. The summed E-state index contributed by atoms with van der Waals surface area (Å²) in [5.74, 6) is 0.305. The van der Waals surface area contributed by atoms with Gasteiger partial charge in [-0.15, -0.1) is 0 Å². The Morgan fingerprint density at radius 3 is 2.81 bits per heavy atom. The van der Waals surface area contributed by atoms with Crippen LogP contribution in [0.5, 0.6) is 0 Å². The van der Waals surface area contributed by atoms with Crippen LogP contribution in [0.2, 0.25) is 0 Å². The number of carbonyl (C=O) groups is 1. The minimum absolute atomic E-state index is 0.132. The molecule has 0 spiro atoms. The van der Waals surface area contributed by atoms with E-state index < -0.39 is 0 Å². The Kier molecular flexibility index (Phi) is 4.18. The summed E-state index contributed by atoms with van der Waals surface area (Å²) in [6, 6.07) is 0.193. The summed E-state index contributed by atoms with van der Waals surface area (Å²) in [6.45, 7) is 1.84. The first kappa shape index (κ1) is 11.9. The molecule has 0 aromatic rings. The first-order valence-corrected chi connectivity index (χ1v) is 6.45. The molecule has 0 bridgehead atoms. The van der Waals surface area contributed by atoms with E-state index in [1.165, 1.54) is 0 Å². The molecule has 1 aliphatic heterocycles. The van der Waals surface area contributed by atoms with Crippen molar-refractivity contribution in [3.63, 3.8) is 0 Å². The molecule has 4 heteroatoms. The molecule has 92 valence electrons. The van der Waals surface area contributed by atoms with Crippen LogP contribution in [-0.2, 0) is 4.79 Å². The number of hydrogen-bond donors (Lipinski definition) is 3. The fourth-order valence-corrected chi connectivity index (χ4v) is 2.69. The summed E-state index contributed by atoms with van der Waals surface area (Å²) in [7, 11) is 0. The molecular weight excluding hydrogens is 204 g/mol. The quantitative estimate of drug-likeness (QED) is 0.639. The number of amides is 1. The Labute approximate surface area is 96.8 Å². The zero-order chi connectivity index (χ0) is 11.4. The second-order valence-corrected chi connectivity index (χ2v) is 5.07. The van der Waals surface area contributed by atoms with Gasteiger partial charge in [-0.1, -0.05) is 0 Å². The monoisotopic (exact) mass is 226 g/mol. The minimum Gasteiger partial charge on any atom is -0.393 e. The van der Waals surface area contributed by atoms with E-state index in [0.717, 1.165) is 51.6 Å². The molecule has 1 amide bonds. The molecule has 0 aromatic heterocycles. The van der Waals surface area contributed by atoms with Crippen LogP contribution in [0.1, 0.15) is 38.5 Å². The first-order valence-electron chi connectivity index (χ1n) is 6.45. The SMILES string of the molecule is O=C(NC1CCCC(O)C1)[C@@H]1CCCNC1. The third-order valence-electron chi connectivity index (χ3n) is 3.66. The van der Waals surface area contributed by atoms with Gasteiger partial charge in [-0.25, -0.2) is 0 Å². The number of aliphatic hydroxyl groups excluding tert-OH is 1. The van der Waals surface area contributed by atoms with Crippen LogP contribution in [-0.4, -0.2) is 36.2 Å². The van der Waals surface area contributed by atoms with Crippen LogP contribution in [0.25, 0.3) is 0 Å². The summed E-state index contributed by atoms with van der Waals surface area (Å²) < 4.78 is 0. The van der Waals surface area contributed by atoms with E-state index in [1.807, 2.05) is 0 Å². The molecule has 2 aliphatic rings. The van der Waals surface area contributed by atoms with Gasteiger partial charge in [0.1, 0.15) is 0 Å². The van der Waals surface area contributed by atoms with Gasteiger partial charge in [0.25, 0.3) is 0 Å². The van der Waals surface area contributed by atoms with Gasteiger partial charge in [-0.05, 0) is 45.1 Å². The lowest BCUT2D eigenvalue weighted by atomic mass is 9.91. The van der Waals surface area contributed by atoms with E-state index in [2.05, 4.69) is 10.6 Å². The number of hydrogen-bond acceptors (Lipinski definition) is 3. The highest BCUT2D eigenvalue weighted by Crippen LogP contribution is 2.19.